The predicted molar refractivity (Wildman–Crippen MR) is 89.7 cm³/mol. The summed E-state index contributed by atoms with van der Waals surface area (Å²) >= 11 is 0. The second-order valence-corrected chi connectivity index (χ2v) is 5.52. The van der Waals surface area contributed by atoms with Gasteiger partial charge in [-0.15, -0.1) is 6.58 Å². The molecule has 1 amide bonds. The number of nitrogens with one attached hydrogen (secondary N) is 1. The molecule has 0 spiro atoms. The minimum absolute atomic E-state index is 0.0627. The standard InChI is InChI=1S/C9H11NO2.C8H15NO2/c10-6-9(11)12-7-8-4-2-1-3-5-8;1-5-6-9-7(10)11-8(2,3)4/h1-5H,6-7,10H2;5H,1,6H2,2-4H3,(H,9,10). The van der Waals surface area contributed by atoms with E-state index >= 15 is 0 Å². The summed E-state index contributed by atoms with van der Waals surface area (Å²) in [6.07, 6.45) is 1.20. The van der Waals surface area contributed by atoms with Crippen molar-refractivity contribution in [3.63, 3.8) is 0 Å². The van der Waals surface area contributed by atoms with E-state index in [-0.39, 0.29) is 12.5 Å². The number of carbonyl (C=O) groups is 2. The van der Waals surface area contributed by atoms with Crippen LogP contribution in [0.25, 0.3) is 0 Å². The Bertz CT molecular complexity index is 481. The molecule has 3 N–H and O–H groups in total. The number of hydrogen-bond acceptors (Lipinski definition) is 5. The third-order valence-electron chi connectivity index (χ3n) is 2.20. The van der Waals surface area contributed by atoms with Gasteiger partial charge in [0, 0.05) is 6.54 Å². The Labute approximate surface area is 137 Å². The lowest BCUT2D eigenvalue weighted by Gasteiger charge is -2.19. The zero-order valence-electron chi connectivity index (χ0n) is 14.0. The average molecular weight is 322 g/mol. The van der Waals surface area contributed by atoms with Gasteiger partial charge in [0.1, 0.15) is 12.2 Å². The van der Waals surface area contributed by atoms with Crippen molar-refractivity contribution >= 4 is 12.1 Å². The van der Waals surface area contributed by atoms with Gasteiger partial charge >= 0.3 is 12.1 Å². The van der Waals surface area contributed by atoms with E-state index in [1.807, 2.05) is 51.1 Å². The first-order chi connectivity index (χ1) is 10.8. The summed E-state index contributed by atoms with van der Waals surface area (Å²) in [5.74, 6) is -0.376. The van der Waals surface area contributed by atoms with Crippen LogP contribution in [0.3, 0.4) is 0 Å². The second kappa shape index (κ2) is 11.3. The first-order valence-electron chi connectivity index (χ1n) is 7.26. The Morgan fingerprint density at radius 2 is 1.87 bits per heavy atom. The summed E-state index contributed by atoms with van der Waals surface area (Å²) in [7, 11) is 0. The van der Waals surface area contributed by atoms with Gasteiger partial charge in [0.2, 0.25) is 0 Å². The SMILES string of the molecule is C=CCNC(=O)OC(C)(C)C.NCC(=O)OCc1ccccc1. The van der Waals surface area contributed by atoms with Crippen LogP contribution in [-0.4, -0.2) is 30.8 Å². The van der Waals surface area contributed by atoms with E-state index in [0.717, 1.165) is 5.56 Å². The van der Waals surface area contributed by atoms with Crippen molar-refractivity contribution < 1.29 is 19.1 Å². The molecule has 0 saturated carbocycles. The fourth-order valence-electron chi connectivity index (χ4n) is 1.27. The van der Waals surface area contributed by atoms with E-state index in [2.05, 4.69) is 11.9 Å². The van der Waals surface area contributed by atoms with E-state index in [1.54, 1.807) is 6.08 Å². The summed E-state index contributed by atoms with van der Waals surface area (Å²) in [4.78, 5) is 21.5. The number of ether oxygens (including phenoxy) is 2. The van der Waals surface area contributed by atoms with Crippen molar-refractivity contribution in [2.45, 2.75) is 33.0 Å². The van der Waals surface area contributed by atoms with Crippen molar-refractivity contribution in [3.8, 4) is 0 Å². The summed E-state index contributed by atoms with van der Waals surface area (Å²) in [6.45, 7) is 9.60. The molecule has 0 aromatic heterocycles. The number of hydrogen-bond donors (Lipinski definition) is 2. The first kappa shape index (κ1) is 20.7. The summed E-state index contributed by atoms with van der Waals surface area (Å²) in [5.41, 5.74) is 5.61. The molecular formula is C17H26N2O4. The van der Waals surface area contributed by atoms with Gasteiger partial charge in [-0.2, -0.15) is 0 Å². The lowest BCUT2D eigenvalue weighted by Crippen LogP contribution is -2.32. The molecule has 0 heterocycles. The van der Waals surface area contributed by atoms with E-state index in [0.29, 0.717) is 13.2 Å². The number of rotatable bonds is 5. The molecule has 23 heavy (non-hydrogen) atoms. The lowest BCUT2D eigenvalue weighted by atomic mass is 10.2. The highest BCUT2D eigenvalue weighted by Gasteiger charge is 2.14. The van der Waals surface area contributed by atoms with Crippen LogP contribution in [0, 0.1) is 0 Å². The van der Waals surface area contributed by atoms with E-state index < -0.39 is 11.7 Å². The van der Waals surface area contributed by atoms with Crippen LogP contribution in [0.2, 0.25) is 0 Å². The van der Waals surface area contributed by atoms with Crippen LogP contribution in [-0.2, 0) is 20.9 Å². The fourth-order valence-corrected chi connectivity index (χ4v) is 1.27. The summed E-state index contributed by atoms with van der Waals surface area (Å²) in [5, 5.41) is 2.51. The molecule has 1 rings (SSSR count). The largest absolute Gasteiger partial charge is 0.460 e. The summed E-state index contributed by atoms with van der Waals surface area (Å²) in [6, 6.07) is 9.49. The Morgan fingerprint density at radius 3 is 2.35 bits per heavy atom. The van der Waals surface area contributed by atoms with Gasteiger partial charge in [-0.1, -0.05) is 36.4 Å². The van der Waals surface area contributed by atoms with Crippen molar-refractivity contribution in [1.82, 2.24) is 5.32 Å². The maximum atomic E-state index is 10.8. The molecule has 0 atom stereocenters. The van der Waals surface area contributed by atoms with E-state index in [1.165, 1.54) is 0 Å². The van der Waals surface area contributed by atoms with Gasteiger partial charge in [-0.3, -0.25) is 4.79 Å². The molecule has 0 radical (unpaired) electrons. The van der Waals surface area contributed by atoms with E-state index in [4.69, 9.17) is 15.2 Å². The van der Waals surface area contributed by atoms with Gasteiger partial charge < -0.3 is 20.5 Å². The van der Waals surface area contributed by atoms with Gasteiger partial charge in [0.25, 0.3) is 0 Å². The number of esters is 1. The molecule has 0 fully saturated rings. The van der Waals surface area contributed by atoms with Crippen molar-refractivity contribution in [1.29, 1.82) is 0 Å². The average Bonchev–Trinajstić information content (AvgIpc) is 2.50. The molecule has 0 saturated heterocycles. The number of amides is 1. The molecule has 0 aliphatic carbocycles. The molecule has 6 nitrogen and oxygen atoms in total. The lowest BCUT2D eigenvalue weighted by molar-refractivity contribution is -0.143. The van der Waals surface area contributed by atoms with Crippen LogP contribution < -0.4 is 11.1 Å². The molecule has 0 aliphatic rings. The van der Waals surface area contributed by atoms with Crippen LogP contribution in [0.15, 0.2) is 43.0 Å². The van der Waals surface area contributed by atoms with Crippen LogP contribution in [0.4, 0.5) is 4.79 Å². The van der Waals surface area contributed by atoms with Crippen molar-refractivity contribution in [2.75, 3.05) is 13.1 Å². The van der Waals surface area contributed by atoms with Crippen molar-refractivity contribution in [2.24, 2.45) is 5.73 Å². The normalized spacial score (nSPS) is 9.91. The highest BCUT2D eigenvalue weighted by molar-refractivity contribution is 5.71. The van der Waals surface area contributed by atoms with Crippen molar-refractivity contribution in [3.05, 3.63) is 48.6 Å². The molecule has 0 aliphatic heterocycles. The number of benzene rings is 1. The number of alkyl carbamates (subject to hydrolysis) is 1. The molecule has 1 aromatic rings. The Kier molecular flexibility index (Phi) is 10.1. The fraction of sp³-hybridized carbons (Fsp3) is 0.412. The molecule has 0 unspecified atom stereocenters. The highest BCUT2D eigenvalue weighted by atomic mass is 16.6. The van der Waals surface area contributed by atoms with Gasteiger partial charge in [0.15, 0.2) is 0 Å². The molecule has 1 aromatic carbocycles. The zero-order valence-corrected chi connectivity index (χ0v) is 14.0. The van der Waals surface area contributed by atoms with Crippen LogP contribution in [0.5, 0.6) is 0 Å². The maximum Gasteiger partial charge on any atom is 0.407 e. The monoisotopic (exact) mass is 322 g/mol. The Balaban J connectivity index is 0.000000423. The number of carbonyl (C=O) groups excluding carboxylic acids is 2. The Hall–Kier alpha value is -2.34. The summed E-state index contributed by atoms with van der Waals surface area (Å²) < 4.78 is 9.76. The van der Waals surface area contributed by atoms with Crippen LogP contribution in [0.1, 0.15) is 26.3 Å². The van der Waals surface area contributed by atoms with Gasteiger partial charge in [-0.05, 0) is 26.3 Å². The molecule has 6 heteroatoms. The second-order valence-electron chi connectivity index (χ2n) is 5.52. The topological polar surface area (TPSA) is 90.6 Å². The zero-order chi connectivity index (χ0) is 17.7. The number of nitrogens with two attached hydrogens (primary N) is 1. The minimum atomic E-state index is -0.425. The molecule has 0 bridgehead atoms. The Morgan fingerprint density at radius 1 is 1.26 bits per heavy atom. The predicted octanol–water partition coefficient (Wildman–Crippen LogP) is 2.39. The van der Waals surface area contributed by atoms with E-state index in [9.17, 15) is 9.59 Å². The highest BCUT2D eigenvalue weighted by Crippen LogP contribution is 2.05. The van der Waals surface area contributed by atoms with Gasteiger partial charge in [-0.25, -0.2) is 4.79 Å². The smallest absolute Gasteiger partial charge is 0.407 e. The quantitative estimate of drug-likeness (QED) is 0.641. The third-order valence-corrected chi connectivity index (χ3v) is 2.20. The molecule has 128 valence electrons. The molecular weight excluding hydrogens is 296 g/mol. The van der Waals surface area contributed by atoms with Crippen LogP contribution >= 0.6 is 0 Å². The first-order valence-corrected chi connectivity index (χ1v) is 7.26. The minimum Gasteiger partial charge on any atom is -0.460 e. The maximum absolute atomic E-state index is 10.8. The third kappa shape index (κ3) is 13.1. The van der Waals surface area contributed by atoms with Gasteiger partial charge in [0.05, 0.1) is 6.54 Å².